The lowest BCUT2D eigenvalue weighted by Crippen LogP contribution is -2.50. The second-order valence-electron chi connectivity index (χ2n) is 3.98. The third-order valence-corrected chi connectivity index (χ3v) is 3.36. The van der Waals surface area contributed by atoms with Gasteiger partial charge in [0.1, 0.15) is 6.61 Å². The van der Waals surface area contributed by atoms with Crippen LogP contribution in [0.2, 0.25) is 0 Å². The van der Waals surface area contributed by atoms with Crippen molar-refractivity contribution in [3.63, 3.8) is 0 Å². The van der Waals surface area contributed by atoms with Crippen molar-refractivity contribution in [3.8, 4) is 0 Å². The molecule has 1 aliphatic rings. The molecular formula is C12H12BrNO4. The molecule has 1 aromatic carbocycles. The van der Waals surface area contributed by atoms with Crippen molar-refractivity contribution in [2.75, 3.05) is 18.1 Å². The fourth-order valence-corrected chi connectivity index (χ4v) is 2.44. The number of carbonyl (C=O) groups excluding carboxylic acids is 1. The summed E-state index contributed by atoms with van der Waals surface area (Å²) in [6.45, 7) is 0.219. The first-order valence-corrected chi connectivity index (χ1v) is 6.25. The molecule has 1 aliphatic heterocycles. The molecule has 1 saturated heterocycles. The van der Waals surface area contributed by atoms with Crippen molar-refractivity contribution in [1.29, 1.82) is 0 Å². The quantitative estimate of drug-likeness (QED) is 0.921. The van der Waals surface area contributed by atoms with Crippen LogP contribution < -0.4 is 4.90 Å². The molecule has 1 unspecified atom stereocenters. The number of anilines is 1. The Morgan fingerprint density at radius 2 is 2.22 bits per heavy atom. The van der Waals surface area contributed by atoms with E-state index in [4.69, 9.17) is 9.84 Å². The Bertz CT molecular complexity index is 477. The van der Waals surface area contributed by atoms with Gasteiger partial charge in [-0.3, -0.25) is 9.59 Å². The summed E-state index contributed by atoms with van der Waals surface area (Å²) in [6.07, 6.45) is -0.132. The highest BCUT2D eigenvalue weighted by Gasteiger charge is 2.32. The standard InChI is InChI=1S/C12H12BrNO4/c13-9-3-1-2-4-10(9)14-8(5-12(16)17)6-18-7-11(14)15/h1-4,8H,5-7H2,(H,16,17). The van der Waals surface area contributed by atoms with Crippen LogP contribution in [0.5, 0.6) is 0 Å². The number of aliphatic carboxylic acids is 1. The summed E-state index contributed by atoms with van der Waals surface area (Å²) < 4.78 is 5.88. The smallest absolute Gasteiger partial charge is 0.305 e. The first-order chi connectivity index (χ1) is 8.59. The van der Waals surface area contributed by atoms with Gasteiger partial charge in [-0.2, -0.15) is 0 Å². The predicted molar refractivity (Wildman–Crippen MR) is 68.5 cm³/mol. The van der Waals surface area contributed by atoms with Gasteiger partial charge in [0.05, 0.1) is 24.8 Å². The molecule has 0 saturated carbocycles. The molecular weight excluding hydrogens is 302 g/mol. The summed E-state index contributed by atoms with van der Waals surface area (Å²) in [5.41, 5.74) is 0.678. The van der Waals surface area contributed by atoms with E-state index in [2.05, 4.69) is 15.9 Å². The number of amides is 1. The van der Waals surface area contributed by atoms with Gasteiger partial charge in [-0.1, -0.05) is 12.1 Å². The highest BCUT2D eigenvalue weighted by Crippen LogP contribution is 2.29. The Balaban J connectivity index is 2.33. The summed E-state index contributed by atoms with van der Waals surface area (Å²) in [7, 11) is 0. The number of halogens is 1. The number of hydrogen-bond donors (Lipinski definition) is 1. The lowest BCUT2D eigenvalue weighted by molar-refractivity contribution is -0.138. The minimum Gasteiger partial charge on any atom is -0.481 e. The van der Waals surface area contributed by atoms with E-state index in [-0.39, 0.29) is 25.5 Å². The van der Waals surface area contributed by atoms with E-state index in [9.17, 15) is 9.59 Å². The Labute approximate surface area is 112 Å². The zero-order chi connectivity index (χ0) is 13.1. The minimum atomic E-state index is -0.949. The molecule has 18 heavy (non-hydrogen) atoms. The van der Waals surface area contributed by atoms with Crippen LogP contribution in [0.3, 0.4) is 0 Å². The lowest BCUT2D eigenvalue weighted by Gasteiger charge is -2.35. The number of para-hydroxylation sites is 1. The van der Waals surface area contributed by atoms with E-state index >= 15 is 0 Å². The number of ether oxygens (including phenoxy) is 1. The van der Waals surface area contributed by atoms with Crippen molar-refractivity contribution in [3.05, 3.63) is 28.7 Å². The zero-order valence-electron chi connectivity index (χ0n) is 9.51. The molecule has 1 heterocycles. The Morgan fingerprint density at radius 1 is 1.50 bits per heavy atom. The summed E-state index contributed by atoms with van der Waals surface area (Å²) in [5, 5.41) is 8.88. The highest BCUT2D eigenvalue weighted by atomic mass is 79.9. The van der Waals surface area contributed by atoms with Crippen LogP contribution in [-0.4, -0.2) is 36.2 Å². The van der Waals surface area contributed by atoms with E-state index in [0.29, 0.717) is 5.69 Å². The number of carbonyl (C=O) groups is 2. The Hall–Kier alpha value is -1.40. The maximum atomic E-state index is 11.9. The van der Waals surface area contributed by atoms with E-state index in [1.165, 1.54) is 4.90 Å². The zero-order valence-corrected chi connectivity index (χ0v) is 11.1. The molecule has 1 aromatic rings. The van der Waals surface area contributed by atoms with Crippen molar-refractivity contribution >= 4 is 33.5 Å². The molecule has 0 spiro atoms. The van der Waals surface area contributed by atoms with Crippen LogP contribution in [0.25, 0.3) is 0 Å². The molecule has 96 valence electrons. The molecule has 2 rings (SSSR count). The van der Waals surface area contributed by atoms with Crippen molar-refractivity contribution in [2.45, 2.75) is 12.5 Å². The molecule has 1 N–H and O–H groups in total. The number of carboxylic acid groups (broad SMARTS) is 1. The molecule has 0 bridgehead atoms. The van der Waals surface area contributed by atoms with Gasteiger partial charge in [0.25, 0.3) is 5.91 Å². The summed E-state index contributed by atoms with van der Waals surface area (Å²) in [6, 6.07) is 6.77. The molecule has 0 aromatic heterocycles. The first kappa shape index (κ1) is 13.0. The second kappa shape index (κ2) is 5.49. The molecule has 1 atom stereocenters. The van der Waals surface area contributed by atoms with Crippen LogP contribution in [0.1, 0.15) is 6.42 Å². The number of morpholine rings is 1. The number of hydrogen-bond acceptors (Lipinski definition) is 3. The van der Waals surface area contributed by atoms with Gasteiger partial charge >= 0.3 is 5.97 Å². The van der Waals surface area contributed by atoms with Crippen molar-refractivity contribution in [1.82, 2.24) is 0 Å². The number of carboxylic acids is 1. The van der Waals surface area contributed by atoms with Gasteiger partial charge in [-0.15, -0.1) is 0 Å². The second-order valence-corrected chi connectivity index (χ2v) is 4.84. The minimum absolute atomic E-state index is 0.0164. The third-order valence-electron chi connectivity index (χ3n) is 2.69. The van der Waals surface area contributed by atoms with Crippen LogP contribution in [0, 0.1) is 0 Å². The fourth-order valence-electron chi connectivity index (χ4n) is 1.96. The number of rotatable bonds is 3. The van der Waals surface area contributed by atoms with Gasteiger partial charge in [0, 0.05) is 4.47 Å². The maximum Gasteiger partial charge on any atom is 0.305 e. The summed E-state index contributed by atoms with van der Waals surface area (Å²) in [4.78, 5) is 24.3. The summed E-state index contributed by atoms with van der Waals surface area (Å²) >= 11 is 3.37. The molecule has 1 amide bonds. The van der Waals surface area contributed by atoms with E-state index in [1.807, 2.05) is 12.1 Å². The SMILES string of the molecule is O=C(O)CC1COCC(=O)N1c1ccccc1Br. The maximum absolute atomic E-state index is 11.9. The van der Waals surface area contributed by atoms with Gasteiger partial charge in [0.2, 0.25) is 0 Å². The normalized spacial score (nSPS) is 19.9. The number of benzene rings is 1. The molecule has 5 nitrogen and oxygen atoms in total. The van der Waals surface area contributed by atoms with E-state index in [1.54, 1.807) is 12.1 Å². The highest BCUT2D eigenvalue weighted by molar-refractivity contribution is 9.10. The van der Waals surface area contributed by atoms with Crippen LogP contribution in [0.4, 0.5) is 5.69 Å². The summed E-state index contributed by atoms with van der Waals surface area (Å²) in [5.74, 6) is -1.17. The predicted octanol–water partition coefficient (Wildman–Crippen LogP) is 1.66. The van der Waals surface area contributed by atoms with Gasteiger partial charge in [-0.25, -0.2) is 0 Å². The number of nitrogens with zero attached hydrogens (tertiary/aromatic N) is 1. The monoisotopic (exact) mass is 313 g/mol. The van der Waals surface area contributed by atoms with Crippen LogP contribution in [-0.2, 0) is 14.3 Å². The average molecular weight is 314 g/mol. The first-order valence-electron chi connectivity index (χ1n) is 5.45. The Kier molecular flexibility index (Phi) is 3.98. The Morgan fingerprint density at radius 3 is 2.89 bits per heavy atom. The van der Waals surface area contributed by atoms with Gasteiger partial charge < -0.3 is 14.7 Å². The largest absolute Gasteiger partial charge is 0.481 e. The van der Waals surface area contributed by atoms with Crippen molar-refractivity contribution < 1.29 is 19.4 Å². The lowest BCUT2D eigenvalue weighted by atomic mass is 10.1. The molecule has 0 aliphatic carbocycles. The average Bonchev–Trinajstić information content (AvgIpc) is 2.30. The topological polar surface area (TPSA) is 66.8 Å². The van der Waals surface area contributed by atoms with Crippen LogP contribution in [0.15, 0.2) is 28.7 Å². The van der Waals surface area contributed by atoms with Gasteiger partial charge in [0.15, 0.2) is 0 Å². The third kappa shape index (κ3) is 2.70. The van der Waals surface area contributed by atoms with Gasteiger partial charge in [-0.05, 0) is 28.1 Å². The molecule has 1 fully saturated rings. The van der Waals surface area contributed by atoms with Crippen LogP contribution >= 0.6 is 15.9 Å². The molecule has 0 radical (unpaired) electrons. The van der Waals surface area contributed by atoms with E-state index < -0.39 is 12.0 Å². The van der Waals surface area contributed by atoms with E-state index in [0.717, 1.165) is 4.47 Å². The molecule has 6 heteroatoms. The van der Waals surface area contributed by atoms with Crippen molar-refractivity contribution in [2.24, 2.45) is 0 Å². The fraction of sp³-hybridized carbons (Fsp3) is 0.333.